The molecule has 0 rings (SSSR count). The van der Waals surface area contributed by atoms with Crippen LogP contribution in [0.25, 0.3) is 0 Å². The van der Waals surface area contributed by atoms with Crippen molar-refractivity contribution in [2.75, 3.05) is 39.6 Å². The van der Waals surface area contributed by atoms with Gasteiger partial charge in [0.15, 0.2) is 12.2 Å². The molecule has 0 radical (unpaired) electrons. The molecular formula is C87H170O17P2. The number of rotatable bonds is 87. The Kier molecular flexibility index (Phi) is 78.2. The molecule has 0 saturated carbocycles. The zero-order chi connectivity index (χ0) is 77.6. The summed E-state index contributed by atoms with van der Waals surface area (Å²) in [5.74, 6) is -1.32. The van der Waals surface area contributed by atoms with Crippen LogP contribution < -0.4 is 0 Å². The number of carbonyl (C=O) groups excluding carboxylic acids is 4. The third-order valence-electron chi connectivity index (χ3n) is 20.9. The molecule has 19 heteroatoms. The molecule has 106 heavy (non-hydrogen) atoms. The minimum absolute atomic E-state index is 0.108. The SMILES string of the molecule is CCCCCCCCCCCCCCCCCCCCCCCCC(=O)O[C@H](COC(=O)CCCCCCCCCCCCCCCCCC)COP(=O)(O)OC[C@@H](O)COP(=O)(O)OC[C@@H](COC(=O)CCCCCCCCCCC(C)CC)OC(=O)CCCCCCCCCCCCCCCCCC. The van der Waals surface area contributed by atoms with Crippen LogP contribution in [0.2, 0.25) is 0 Å². The second-order valence-electron chi connectivity index (χ2n) is 31.5. The highest BCUT2D eigenvalue weighted by Crippen LogP contribution is 2.45. The lowest BCUT2D eigenvalue weighted by Crippen LogP contribution is -2.30. The lowest BCUT2D eigenvalue weighted by molar-refractivity contribution is -0.161. The molecule has 0 heterocycles. The van der Waals surface area contributed by atoms with Crippen LogP contribution in [-0.4, -0.2) is 96.7 Å². The van der Waals surface area contributed by atoms with Crippen molar-refractivity contribution >= 4 is 39.5 Å². The number of ether oxygens (including phenoxy) is 4. The number of hydrogen-bond acceptors (Lipinski definition) is 15. The van der Waals surface area contributed by atoms with Gasteiger partial charge in [-0.25, -0.2) is 9.13 Å². The van der Waals surface area contributed by atoms with Crippen LogP contribution in [0.4, 0.5) is 0 Å². The van der Waals surface area contributed by atoms with Crippen LogP contribution >= 0.6 is 15.6 Å². The summed E-state index contributed by atoms with van der Waals surface area (Å²) in [4.78, 5) is 73.3. The van der Waals surface area contributed by atoms with Crippen molar-refractivity contribution in [3.8, 4) is 0 Å². The maximum atomic E-state index is 13.2. The predicted octanol–water partition coefficient (Wildman–Crippen LogP) is 26.8. The highest BCUT2D eigenvalue weighted by atomic mass is 31.2. The van der Waals surface area contributed by atoms with Gasteiger partial charge >= 0.3 is 39.5 Å². The Hall–Kier alpha value is -1.94. The van der Waals surface area contributed by atoms with Crippen LogP contribution in [0, 0.1) is 5.92 Å². The van der Waals surface area contributed by atoms with Gasteiger partial charge in [0.25, 0.3) is 0 Å². The summed E-state index contributed by atoms with van der Waals surface area (Å²) in [5, 5.41) is 10.7. The maximum Gasteiger partial charge on any atom is 0.472 e. The summed E-state index contributed by atoms with van der Waals surface area (Å²) in [6, 6.07) is 0. The Morgan fingerprint density at radius 2 is 0.453 bits per heavy atom. The standard InChI is InChI=1S/C87H170O17P2/c1-6-10-13-16-19-22-25-28-31-34-35-36-37-38-39-42-45-48-51-58-63-68-73-86(91)103-82(76-97-84(89)70-65-60-55-49-46-43-40-32-29-26-23-20-17-14-11-7-2)78-101-105(93,94)99-74-81(88)75-100-106(95,96)102-79-83(77-98-85(90)71-66-61-56-53-52-54-59-64-69-80(5)9-4)104-87(92)72-67-62-57-50-47-44-41-33-30-27-24-21-18-15-12-8-3/h80-83,88H,6-79H2,1-5H3,(H,93,94)(H,95,96)/t80?,81-,82-,83-/m1/s1. The fraction of sp³-hybridized carbons (Fsp3) is 0.954. The molecule has 0 aliphatic carbocycles. The first-order chi connectivity index (χ1) is 51.6. The number of phosphoric acid groups is 2. The van der Waals surface area contributed by atoms with Gasteiger partial charge in [0.1, 0.15) is 19.3 Å². The summed E-state index contributed by atoms with van der Waals surface area (Å²) in [7, 11) is -9.93. The van der Waals surface area contributed by atoms with Gasteiger partial charge in [-0.15, -0.1) is 0 Å². The van der Waals surface area contributed by atoms with Crippen molar-refractivity contribution in [2.24, 2.45) is 5.92 Å². The lowest BCUT2D eigenvalue weighted by atomic mass is 9.99. The average molecular weight is 1550 g/mol. The molecule has 0 aliphatic rings. The summed E-state index contributed by atoms with van der Waals surface area (Å²) >= 11 is 0. The minimum Gasteiger partial charge on any atom is -0.462 e. The van der Waals surface area contributed by atoms with Gasteiger partial charge in [-0.2, -0.15) is 0 Å². The largest absolute Gasteiger partial charge is 0.472 e. The van der Waals surface area contributed by atoms with E-state index in [4.69, 9.17) is 37.0 Å². The van der Waals surface area contributed by atoms with Gasteiger partial charge in [-0.1, -0.05) is 420 Å². The van der Waals surface area contributed by atoms with Gasteiger partial charge in [0.2, 0.25) is 0 Å². The van der Waals surface area contributed by atoms with Crippen LogP contribution in [0.3, 0.4) is 0 Å². The van der Waals surface area contributed by atoms with E-state index >= 15 is 0 Å². The molecule has 0 bridgehead atoms. The van der Waals surface area contributed by atoms with Crippen molar-refractivity contribution in [1.29, 1.82) is 0 Å². The van der Waals surface area contributed by atoms with Crippen LogP contribution in [0.5, 0.6) is 0 Å². The van der Waals surface area contributed by atoms with Crippen molar-refractivity contribution in [3.05, 3.63) is 0 Å². The van der Waals surface area contributed by atoms with E-state index in [1.54, 1.807) is 0 Å². The smallest absolute Gasteiger partial charge is 0.462 e. The third-order valence-corrected chi connectivity index (χ3v) is 22.8. The number of unbranched alkanes of at least 4 members (excludes halogenated alkanes) is 58. The average Bonchev–Trinajstić information content (AvgIpc) is 0.901. The molecule has 0 amide bonds. The molecule has 0 spiro atoms. The van der Waals surface area contributed by atoms with Gasteiger partial charge in [0.05, 0.1) is 26.4 Å². The first-order valence-electron chi connectivity index (χ1n) is 45.2. The molecule has 0 aromatic carbocycles. The first kappa shape index (κ1) is 104. The summed E-state index contributed by atoms with van der Waals surface area (Å²) in [5.41, 5.74) is 0. The summed E-state index contributed by atoms with van der Waals surface area (Å²) < 4.78 is 69.0. The highest BCUT2D eigenvalue weighted by molar-refractivity contribution is 7.47. The quantitative estimate of drug-likeness (QED) is 0.0222. The lowest BCUT2D eigenvalue weighted by Gasteiger charge is -2.21. The normalized spacial score (nSPS) is 14.0. The molecule has 3 unspecified atom stereocenters. The number of hydrogen-bond donors (Lipinski definition) is 3. The Balaban J connectivity index is 5.24. The highest BCUT2D eigenvalue weighted by Gasteiger charge is 2.30. The molecule has 0 saturated heterocycles. The molecular weight excluding hydrogens is 1380 g/mol. The van der Waals surface area contributed by atoms with Gasteiger partial charge < -0.3 is 33.8 Å². The van der Waals surface area contributed by atoms with E-state index in [0.29, 0.717) is 25.7 Å². The minimum atomic E-state index is -4.97. The zero-order valence-electron chi connectivity index (χ0n) is 69.6. The maximum absolute atomic E-state index is 13.2. The number of phosphoric ester groups is 2. The number of esters is 4. The van der Waals surface area contributed by atoms with Crippen LogP contribution in [0.1, 0.15) is 471 Å². The fourth-order valence-corrected chi connectivity index (χ4v) is 15.2. The number of aliphatic hydroxyl groups is 1. The Labute approximate surface area is 651 Å². The molecule has 630 valence electrons. The van der Waals surface area contributed by atoms with Crippen molar-refractivity contribution < 1.29 is 80.2 Å². The van der Waals surface area contributed by atoms with E-state index < -0.39 is 97.5 Å². The van der Waals surface area contributed by atoms with Gasteiger partial charge in [-0.3, -0.25) is 37.3 Å². The Morgan fingerprint density at radius 1 is 0.264 bits per heavy atom. The summed E-state index contributed by atoms with van der Waals surface area (Å²) in [6.07, 6.45) is 73.6. The first-order valence-corrected chi connectivity index (χ1v) is 48.2. The molecule has 0 aliphatic heterocycles. The van der Waals surface area contributed by atoms with E-state index in [2.05, 4.69) is 34.6 Å². The monoisotopic (exact) mass is 1550 g/mol. The fourth-order valence-electron chi connectivity index (χ4n) is 13.6. The predicted molar refractivity (Wildman–Crippen MR) is 437 cm³/mol. The van der Waals surface area contributed by atoms with Gasteiger partial charge in [0, 0.05) is 25.7 Å². The van der Waals surface area contributed by atoms with Crippen LogP contribution in [0.15, 0.2) is 0 Å². The molecule has 0 aromatic rings. The number of aliphatic hydroxyl groups excluding tert-OH is 1. The topological polar surface area (TPSA) is 237 Å². The molecule has 17 nitrogen and oxygen atoms in total. The molecule has 0 fully saturated rings. The molecule has 6 atom stereocenters. The second-order valence-corrected chi connectivity index (χ2v) is 34.4. The van der Waals surface area contributed by atoms with Crippen molar-refractivity contribution in [1.82, 2.24) is 0 Å². The van der Waals surface area contributed by atoms with Crippen molar-refractivity contribution in [2.45, 2.75) is 490 Å². The third kappa shape index (κ3) is 78.7. The van der Waals surface area contributed by atoms with Crippen molar-refractivity contribution in [3.63, 3.8) is 0 Å². The van der Waals surface area contributed by atoms with E-state index in [1.807, 2.05) is 0 Å². The molecule has 3 N–H and O–H groups in total. The Bertz CT molecular complexity index is 2020. The van der Waals surface area contributed by atoms with E-state index in [1.165, 1.54) is 295 Å². The summed E-state index contributed by atoms with van der Waals surface area (Å²) in [6.45, 7) is 7.38. The van der Waals surface area contributed by atoms with E-state index in [0.717, 1.165) is 95.8 Å². The van der Waals surface area contributed by atoms with Crippen LogP contribution in [-0.2, 0) is 65.4 Å². The van der Waals surface area contributed by atoms with E-state index in [-0.39, 0.29) is 25.7 Å². The molecule has 0 aromatic heterocycles. The van der Waals surface area contributed by atoms with E-state index in [9.17, 15) is 43.2 Å². The number of carbonyl (C=O) groups is 4. The van der Waals surface area contributed by atoms with Gasteiger partial charge in [-0.05, 0) is 31.6 Å². The Morgan fingerprint density at radius 3 is 0.670 bits per heavy atom. The second kappa shape index (κ2) is 79.7. The zero-order valence-corrected chi connectivity index (χ0v) is 71.4.